The lowest BCUT2D eigenvalue weighted by atomic mass is 9.86. The number of aromatic amines is 1. The Labute approximate surface area is 214 Å². The molecule has 1 atom stereocenters. The van der Waals surface area contributed by atoms with E-state index in [0.717, 1.165) is 22.4 Å². The molecule has 1 aromatic carbocycles. The van der Waals surface area contributed by atoms with Crippen molar-refractivity contribution in [2.75, 3.05) is 0 Å². The first-order valence-electron chi connectivity index (χ1n) is 11.4. The lowest BCUT2D eigenvalue weighted by Crippen LogP contribution is -2.14. The summed E-state index contributed by atoms with van der Waals surface area (Å²) in [6, 6.07) is 8.99. The molecule has 5 aromatic heterocycles. The van der Waals surface area contributed by atoms with E-state index in [2.05, 4.69) is 25.4 Å². The Bertz CT molecular complexity index is 1760. The van der Waals surface area contributed by atoms with Gasteiger partial charge in [0.25, 0.3) is 0 Å². The van der Waals surface area contributed by atoms with Crippen molar-refractivity contribution in [2.24, 2.45) is 7.05 Å². The first-order valence-corrected chi connectivity index (χ1v) is 11.8. The van der Waals surface area contributed by atoms with Gasteiger partial charge in [-0.25, -0.2) is 19.2 Å². The number of hydrogen-bond acceptors (Lipinski definition) is 8. The van der Waals surface area contributed by atoms with E-state index in [1.54, 1.807) is 50.7 Å². The van der Waals surface area contributed by atoms with Gasteiger partial charge in [-0.05, 0) is 37.3 Å². The Balaban J connectivity index is 1.31. The van der Waals surface area contributed by atoms with Crippen LogP contribution in [0.2, 0.25) is 5.02 Å². The van der Waals surface area contributed by atoms with Gasteiger partial charge in [0.15, 0.2) is 12.4 Å². The summed E-state index contributed by atoms with van der Waals surface area (Å²) in [7, 11) is 1.88. The fourth-order valence-corrected chi connectivity index (χ4v) is 4.71. The molecule has 0 fully saturated rings. The molecule has 7 rings (SSSR count). The van der Waals surface area contributed by atoms with E-state index < -0.39 is 0 Å². The molecule has 0 bridgehead atoms. The maximum absolute atomic E-state index is 6.08. The lowest BCUT2D eigenvalue weighted by Gasteiger charge is -2.24. The first-order chi connectivity index (χ1) is 18.0. The number of aromatic nitrogens is 10. The van der Waals surface area contributed by atoms with Gasteiger partial charge in [0.2, 0.25) is 17.6 Å². The molecule has 0 aliphatic carbocycles. The average molecular weight is 515 g/mol. The smallest absolute Gasteiger partial charge is 0.244 e. The van der Waals surface area contributed by atoms with E-state index in [9.17, 15) is 0 Å². The number of rotatable bonds is 5. The average Bonchev–Trinajstić information content (AvgIpc) is 3.69. The minimum atomic E-state index is -0.238. The monoisotopic (exact) mass is 514 g/mol. The van der Waals surface area contributed by atoms with Crippen LogP contribution >= 0.6 is 11.6 Å². The molecule has 1 aliphatic heterocycles. The second-order valence-corrected chi connectivity index (χ2v) is 9.10. The largest absolute Gasteiger partial charge is 0.471 e. The zero-order valence-corrected chi connectivity index (χ0v) is 20.5. The van der Waals surface area contributed by atoms with Crippen molar-refractivity contribution in [1.82, 2.24) is 49.3 Å². The second kappa shape index (κ2) is 8.17. The molecule has 37 heavy (non-hydrogen) atoms. The van der Waals surface area contributed by atoms with Crippen LogP contribution in [0, 0.1) is 6.92 Å². The minimum absolute atomic E-state index is 0.175. The third-order valence-electron chi connectivity index (χ3n) is 6.29. The zero-order valence-electron chi connectivity index (χ0n) is 19.7. The van der Waals surface area contributed by atoms with Crippen LogP contribution in [0.15, 0.2) is 55.2 Å². The maximum atomic E-state index is 6.08. The molecule has 6 aromatic rings. The van der Waals surface area contributed by atoms with Crippen molar-refractivity contribution in [3.05, 3.63) is 82.7 Å². The number of halogens is 1. The Morgan fingerprint density at radius 3 is 2.78 bits per heavy atom. The number of ether oxygens (including phenoxy) is 2. The summed E-state index contributed by atoms with van der Waals surface area (Å²) in [5, 5.41) is 21.5. The molecule has 1 aliphatic rings. The minimum Gasteiger partial charge on any atom is -0.471 e. The third kappa shape index (κ3) is 3.52. The summed E-state index contributed by atoms with van der Waals surface area (Å²) in [6.45, 7) is 2.14. The number of hydrogen-bond donors (Lipinski definition) is 1. The first kappa shape index (κ1) is 21.6. The lowest BCUT2D eigenvalue weighted by molar-refractivity contribution is 0.223. The fourth-order valence-electron chi connectivity index (χ4n) is 4.59. The molecule has 1 N–H and O–H groups in total. The highest BCUT2D eigenvalue weighted by Crippen LogP contribution is 2.48. The van der Waals surface area contributed by atoms with Gasteiger partial charge in [0.1, 0.15) is 17.8 Å². The van der Waals surface area contributed by atoms with E-state index >= 15 is 0 Å². The molecule has 0 saturated heterocycles. The Kier molecular flexibility index (Phi) is 4.76. The molecular formula is C24H19ClN10O2. The number of nitrogens with one attached hydrogen (secondary N) is 1. The summed E-state index contributed by atoms with van der Waals surface area (Å²) < 4.78 is 17.1. The number of benzene rings is 1. The molecule has 0 amide bonds. The van der Waals surface area contributed by atoms with Gasteiger partial charge in [0, 0.05) is 41.3 Å². The fraction of sp³-hybridized carbons (Fsp3) is 0.167. The summed E-state index contributed by atoms with van der Waals surface area (Å²) in [5.74, 6) is 1.84. The molecule has 184 valence electrons. The SMILES string of the molecule is Cc1[nH]nc2c1[C@H](c1cnn(C)c1)c1c(ncn3nc(-c4ccnn4COc4ccc(Cl)cc4)nc13)O2. The van der Waals surface area contributed by atoms with E-state index in [1.807, 2.05) is 32.4 Å². The van der Waals surface area contributed by atoms with Crippen LogP contribution in [0.5, 0.6) is 17.5 Å². The zero-order chi connectivity index (χ0) is 25.1. The Hall–Kier alpha value is -4.71. The molecule has 0 unspecified atom stereocenters. The van der Waals surface area contributed by atoms with Crippen LogP contribution in [0.25, 0.3) is 17.2 Å². The standard InChI is InChI=1S/C24H19ClN10O2/c1-13-18-19(14-9-28-33(2)10-14)20-22-29-21(32-34(22)11-26-23(20)37-24(18)31-30-13)17-7-8-27-35(17)12-36-16-5-3-15(25)4-6-16/h3-11,19H,12H2,1-2H3,(H,30,31)/t19-/m0/s1. The van der Waals surface area contributed by atoms with Crippen molar-refractivity contribution in [3.8, 4) is 29.0 Å². The number of H-pyrrole nitrogens is 1. The van der Waals surface area contributed by atoms with Crippen LogP contribution < -0.4 is 9.47 Å². The summed E-state index contributed by atoms with van der Waals surface area (Å²) in [4.78, 5) is 9.44. The molecular weight excluding hydrogens is 496 g/mol. The van der Waals surface area contributed by atoms with Gasteiger partial charge in [-0.2, -0.15) is 10.2 Å². The van der Waals surface area contributed by atoms with Crippen LogP contribution in [0.1, 0.15) is 28.3 Å². The van der Waals surface area contributed by atoms with Gasteiger partial charge >= 0.3 is 0 Å². The van der Waals surface area contributed by atoms with Crippen LogP contribution in [0.4, 0.5) is 0 Å². The van der Waals surface area contributed by atoms with Crippen LogP contribution in [-0.4, -0.2) is 49.3 Å². The summed E-state index contributed by atoms with van der Waals surface area (Å²) in [6.07, 6.45) is 7.07. The Morgan fingerprint density at radius 2 is 1.97 bits per heavy atom. The van der Waals surface area contributed by atoms with Crippen molar-refractivity contribution in [3.63, 3.8) is 0 Å². The van der Waals surface area contributed by atoms with Gasteiger partial charge in [-0.15, -0.1) is 10.2 Å². The van der Waals surface area contributed by atoms with Crippen molar-refractivity contribution >= 4 is 17.2 Å². The number of fused-ring (bicyclic) bond motifs is 4. The molecule has 0 saturated carbocycles. The summed E-state index contributed by atoms with van der Waals surface area (Å²) in [5.41, 5.74) is 4.89. The highest BCUT2D eigenvalue weighted by Gasteiger charge is 2.37. The highest BCUT2D eigenvalue weighted by atomic mass is 35.5. The quantitative estimate of drug-likeness (QED) is 0.368. The van der Waals surface area contributed by atoms with Gasteiger partial charge in [-0.3, -0.25) is 9.78 Å². The third-order valence-corrected chi connectivity index (χ3v) is 6.54. The van der Waals surface area contributed by atoms with Gasteiger partial charge in [0.05, 0.1) is 17.7 Å². The van der Waals surface area contributed by atoms with E-state index in [1.165, 1.54) is 0 Å². The van der Waals surface area contributed by atoms with Crippen LogP contribution in [-0.2, 0) is 13.8 Å². The second-order valence-electron chi connectivity index (χ2n) is 8.66. The Morgan fingerprint density at radius 1 is 1.11 bits per heavy atom. The van der Waals surface area contributed by atoms with Gasteiger partial charge in [-0.1, -0.05) is 11.6 Å². The van der Waals surface area contributed by atoms with Crippen molar-refractivity contribution in [2.45, 2.75) is 19.6 Å². The molecule has 0 spiro atoms. The molecule has 0 radical (unpaired) electrons. The molecule has 12 nitrogen and oxygen atoms in total. The molecule has 6 heterocycles. The van der Waals surface area contributed by atoms with E-state index in [0.29, 0.717) is 39.7 Å². The van der Waals surface area contributed by atoms with Gasteiger partial charge < -0.3 is 9.47 Å². The van der Waals surface area contributed by atoms with Crippen molar-refractivity contribution in [1.29, 1.82) is 0 Å². The van der Waals surface area contributed by atoms with E-state index in [-0.39, 0.29) is 12.6 Å². The van der Waals surface area contributed by atoms with E-state index in [4.69, 9.17) is 31.2 Å². The maximum Gasteiger partial charge on any atom is 0.244 e. The number of aryl methyl sites for hydroxylation is 2. The normalized spacial score (nSPS) is 14.4. The predicted octanol–water partition coefficient (Wildman–Crippen LogP) is 3.73. The summed E-state index contributed by atoms with van der Waals surface area (Å²) >= 11 is 5.97. The molecule has 13 heteroatoms. The number of nitrogens with zero attached hydrogens (tertiary/aromatic N) is 9. The highest BCUT2D eigenvalue weighted by molar-refractivity contribution is 6.30. The predicted molar refractivity (Wildman–Crippen MR) is 132 cm³/mol. The van der Waals surface area contributed by atoms with Crippen LogP contribution in [0.3, 0.4) is 0 Å². The topological polar surface area (TPSA) is 126 Å². The van der Waals surface area contributed by atoms with Crippen molar-refractivity contribution < 1.29 is 9.47 Å².